The lowest BCUT2D eigenvalue weighted by Crippen LogP contribution is -2.30. The molecule has 0 radical (unpaired) electrons. The third-order valence-electron chi connectivity index (χ3n) is 2.93. The lowest BCUT2D eigenvalue weighted by Gasteiger charge is -2.18. The maximum absolute atomic E-state index is 11.7. The molecule has 0 fully saturated rings. The molecule has 1 aromatic rings. The smallest absolute Gasteiger partial charge is 0.220 e. The molecule has 4 heteroatoms. The van der Waals surface area contributed by atoms with Gasteiger partial charge in [-0.1, -0.05) is 13.8 Å². The van der Waals surface area contributed by atoms with Gasteiger partial charge in [-0.05, 0) is 36.1 Å². The minimum absolute atomic E-state index is 0.0611. The first-order valence-electron chi connectivity index (χ1n) is 5.99. The van der Waals surface area contributed by atoms with E-state index < -0.39 is 0 Å². The fourth-order valence-electron chi connectivity index (χ4n) is 1.60. The van der Waals surface area contributed by atoms with E-state index in [2.05, 4.69) is 24.1 Å². The number of nitrogens with two attached hydrogens (primary N) is 1. The summed E-state index contributed by atoms with van der Waals surface area (Å²) < 4.78 is 0. The molecule has 0 aliphatic rings. The molecule has 0 aliphatic carbocycles. The van der Waals surface area contributed by atoms with Gasteiger partial charge in [-0.25, -0.2) is 0 Å². The van der Waals surface area contributed by atoms with Gasteiger partial charge in [-0.2, -0.15) is 0 Å². The zero-order valence-electron chi connectivity index (χ0n) is 10.5. The molecule has 1 aromatic heterocycles. The van der Waals surface area contributed by atoms with E-state index >= 15 is 0 Å². The summed E-state index contributed by atoms with van der Waals surface area (Å²) in [5.41, 5.74) is 6.70. The lowest BCUT2D eigenvalue weighted by molar-refractivity contribution is -0.122. The quantitative estimate of drug-likeness (QED) is 0.781. The number of carbonyl (C=O) groups is 1. The normalized spacial score (nSPS) is 12.5. The van der Waals surface area contributed by atoms with Crippen molar-refractivity contribution < 1.29 is 4.79 Å². The van der Waals surface area contributed by atoms with Crippen LogP contribution >= 0.6 is 0 Å². The lowest BCUT2D eigenvalue weighted by atomic mass is 9.92. The molecular formula is C13H21N3O. The van der Waals surface area contributed by atoms with Gasteiger partial charge in [0.15, 0.2) is 0 Å². The summed E-state index contributed by atoms with van der Waals surface area (Å²) in [5, 5.41) is 2.90. The molecule has 1 rings (SSSR count). The molecule has 1 unspecified atom stereocenters. The Morgan fingerprint density at radius 2 is 2.06 bits per heavy atom. The van der Waals surface area contributed by atoms with Crippen molar-refractivity contribution in [1.82, 2.24) is 10.3 Å². The van der Waals surface area contributed by atoms with Crippen LogP contribution in [0.5, 0.6) is 0 Å². The summed E-state index contributed by atoms with van der Waals surface area (Å²) in [5.74, 6) is 0.755. The molecule has 1 heterocycles. The van der Waals surface area contributed by atoms with Crippen molar-refractivity contribution in [2.24, 2.45) is 17.6 Å². The molecule has 1 amide bonds. The minimum Gasteiger partial charge on any atom is -0.352 e. The zero-order chi connectivity index (χ0) is 12.7. The van der Waals surface area contributed by atoms with Crippen LogP contribution in [0.4, 0.5) is 0 Å². The summed E-state index contributed by atoms with van der Waals surface area (Å²) in [7, 11) is 0. The number of rotatable bonds is 6. The summed E-state index contributed by atoms with van der Waals surface area (Å²) in [4.78, 5) is 15.6. The van der Waals surface area contributed by atoms with Crippen molar-refractivity contribution in [3.63, 3.8) is 0 Å². The molecule has 4 nitrogen and oxygen atoms in total. The number of nitrogens with zero attached hydrogens (tertiary/aromatic N) is 1. The average molecular weight is 235 g/mol. The van der Waals surface area contributed by atoms with Crippen molar-refractivity contribution in [3.8, 4) is 0 Å². The predicted molar refractivity (Wildman–Crippen MR) is 68.1 cm³/mol. The standard InChI is InChI=1S/C13H21N3O/c1-10(2)12(8-14)7-13(17)16-9-11-3-5-15-6-4-11/h3-6,10,12H,7-9,14H2,1-2H3,(H,16,17). The van der Waals surface area contributed by atoms with Crippen LogP contribution in [0.15, 0.2) is 24.5 Å². The highest BCUT2D eigenvalue weighted by Gasteiger charge is 2.15. The van der Waals surface area contributed by atoms with Crippen LogP contribution in [0.1, 0.15) is 25.8 Å². The Labute approximate surface area is 103 Å². The second-order valence-electron chi connectivity index (χ2n) is 4.58. The van der Waals surface area contributed by atoms with Gasteiger partial charge in [-0.15, -0.1) is 0 Å². The van der Waals surface area contributed by atoms with Crippen molar-refractivity contribution in [2.75, 3.05) is 6.54 Å². The highest BCUT2D eigenvalue weighted by atomic mass is 16.1. The molecule has 0 saturated heterocycles. The van der Waals surface area contributed by atoms with Crippen LogP contribution in [0.2, 0.25) is 0 Å². The van der Waals surface area contributed by atoms with Gasteiger partial charge in [0.1, 0.15) is 0 Å². The van der Waals surface area contributed by atoms with Gasteiger partial charge in [0, 0.05) is 25.4 Å². The van der Waals surface area contributed by atoms with Gasteiger partial charge in [0.25, 0.3) is 0 Å². The fraction of sp³-hybridized carbons (Fsp3) is 0.538. The van der Waals surface area contributed by atoms with E-state index in [1.807, 2.05) is 12.1 Å². The van der Waals surface area contributed by atoms with Gasteiger partial charge in [0.2, 0.25) is 5.91 Å². The van der Waals surface area contributed by atoms with Crippen LogP contribution in [0.3, 0.4) is 0 Å². The van der Waals surface area contributed by atoms with Crippen LogP contribution in [0, 0.1) is 11.8 Å². The van der Waals surface area contributed by atoms with Gasteiger partial charge < -0.3 is 11.1 Å². The maximum Gasteiger partial charge on any atom is 0.220 e. The van der Waals surface area contributed by atoms with Crippen LogP contribution in [-0.4, -0.2) is 17.4 Å². The Kier molecular flexibility index (Phi) is 5.63. The van der Waals surface area contributed by atoms with Crippen LogP contribution in [0.25, 0.3) is 0 Å². The maximum atomic E-state index is 11.7. The van der Waals surface area contributed by atoms with Gasteiger partial charge in [0.05, 0.1) is 0 Å². The highest BCUT2D eigenvalue weighted by molar-refractivity contribution is 5.76. The number of hydrogen-bond acceptors (Lipinski definition) is 3. The molecular weight excluding hydrogens is 214 g/mol. The third kappa shape index (κ3) is 4.95. The largest absolute Gasteiger partial charge is 0.352 e. The predicted octanol–water partition coefficient (Wildman–Crippen LogP) is 1.32. The molecule has 0 spiro atoms. The van der Waals surface area contributed by atoms with Crippen molar-refractivity contribution in [3.05, 3.63) is 30.1 Å². The first kappa shape index (κ1) is 13.6. The number of amides is 1. The Morgan fingerprint density at radius 3 is 2.59 bits per heavy atom. The van der Waals surface area contributed by atoms with Crippen molar-refractivity contribution in [2.45, 2.75) is 26.8 Å². The number of hydrogen-bond donors (Lipinski definition) is 2. The summed E-state index contributed by atoms with van der Waals surface area (Å²) in [6, 6.07) is 3.78. The van der Waals surface area contributed by atoms with E-state index in [1.165, 1.54) is 0 Å². The third-order valence-corrected chi connectivity index (χ3v) is 2.93. The number of carbonyl (C=O) groups excluding carboxylic acids is 1. The Hall–Kier alpha value is -1.42. The summed E-state index contributed by atoms with van der Waals surface area (Å²) in [6.45, 7) is 5.29. The second kappa shape index (κ2) is 7.01. The Morgan fingerprint density at radius 1 is 1.41 bits per heavy atom. The molecule has 94 valence electrons. The molecule has 0 aliphatic heterocycles. The van der Waals surface area contributed by atoms with Crippen LogP contribution in [-0.2, 0) is 11.3 Å². The van der Waals surface area contributed by atoms with E-state index in [1.54, 1.807) is 12.4 Å². The number of pyridine rings is 1. The summed E-state index contributed by atoms with van der Waals surface area (Å²) in [6.07, 6.45) is 3.94. The molecule has 1 atom stereocenters. The number of nitrogens with one attached hydrogen (secondary N) is 1. The first-order chi connectivity index (χ1) is 8.13. The van der Waals surface area contributed by atoms with E-state index in [9.17, 15) is 4.79 Å². The van der Waals surface area contributed by atoms with Crippen molar-refractivity contribution >= 4 is 5.91 Å². The van der Waals surface area contributed by atoms with Gasteiger partial charge in [-0.3, -0.25) is 9.78 Å². The first-order valence-corrected chi connectivity index (χ1v) is 5.99. The Balaban J connectivity index is 2.35. The topological polar surface area (TPSA) is 68.0 Å². The van der Waals surface area contributed by atoms with E-state index in [4.69, 9.17) is 5.73 Å². The monoisotopic (exact) mass is 235 g/mol. The van der Waals surface area contributed by atoms with Crippen molar-refractivity contribution in [1.29, 1.82) is 0 Å². The molecule has 0 saturated carbocycles. The summed E-state index contributed by atoms with van der Waals surface area (Å²) >= 11 is 0. The van der Waals surface area contributed by atoms with E-state index in [0.29, 0.717) is 25.4 Å². The van der Waals surface area contributed by atoms with E-state index in [0.717, 1.165) is 5.56 Å². The van der Waals surface area contributed by atoms with Gasteiger partial charge >= 0.3 is 0 Å². The molecule has 3 N–H and O–H groups in total. The SMILES string of the molecule is CC(C)C(CN)CC(=O)NCc1ccncc1. The van der Waals surface area contributed by atoms with E-state index in [-0.39, 0.29) is 11.8 Å². The Bertz CT molecular complexity index is 338. The highest BCUT2D eigenvalue weighted by Crippen LogP contribution is 2.13. The second-order valence-corrected chi connectivity index (χ2v) is 4.58. The minimum atomic E-state index is 0.0611. The average Bonchev–Trinajstić information content (AvgIpc) is 2.34. The van der Waals surface area contributed by atoms with Crippen LogP contribution < -0.4 is 11.1 Å². The molecule has 0 aromatic carbocycles. The zero-order valence-corrected chi connectivity index (χ0v) is 10.5. The number of aromatic nitrogens is 1. The molecule has 0 bridgehead atoms. The fourth-order valence-corrected chi connectivity index (χ4v) is 1.60. The molecule has 17 heavy (non-hydrogen) atoms.